The number of hydrogen-bond donors (Lipinski definition) is 0. The molecular weight excluding hydrogens is 118 g/mol. The maximum atomic E-state index is 10.1. The van der Waals surface area contributed by atoms with Gasteiger partial charge in [-0.2, -0.15) is 5.26 Å². The zero-order valence-corrected chi connectivity index (χ0v) is 5.47. The lowest BCUT2D eigenvalue weighted by molar-refractivity contribution is -0.146. The number of carbonyl (C=O) groups is 1. The molecule has 0 aliphatic rings. The van der Waals surface area contributed by atoms with Gasteiger partial charge in [-0.3, -0.25) is 4.79 Å². The average Bonchev–Trinajstić information content (AvgIpc) is 1.63. The predicted molar refractivity (Wildman–Crippen MR) is 31.1 cm³/mol. The quantitative estimate of drug-likeness (QED) is 0.485. The molecule has 0 fully saturated rings. The third-order valence-electron chi connectivity index (χ3n) is 0.638. The number of carbonyl (C=O) groups excluding carboxylic acids is 1. The van der Waals surface area contributed by atoms with Crippen molar-refractivity contribution in [3.63, 3.8) is 0 Å². The highest BCUT2D eigenvalue weighted by Crippen LogP contribution is 2.05. The smallest absolute Gasteiger partial charge is 0.307 e. The van der Waals surface area contributed by atoms with Crippen LogP contribution in [0.3, 0.4) is 0 Å². The Morgan fingerprint density at radius 3 is 2.33 bits per heavy atom. The topological polar surface area (TPSA) is 50.1 Å². The van der Waals surface area contributed by atoms with Crippen LogP contribution in [0.25, 0.3) is 0 Å². The van der Waals surface area contributed by atoms with Gasteiger partial charge < -0.3 is 4.74 Å². The molecule has 1 radical (unpaired) electrons. The van der Waals surface area contributed by atoms with Crippen LogP contribution in [0.2, 0.25) is 0 Å². The summed E-state index contributed by atoms with van der Waals surface area (Å²) < 4.78 is 4.48. The molecule has 49 valence electrons. The molecule has 0 heterocycles. The minimum atomic E-state index is -1.04. The van der Waals surface area contributed by atoms with Crippen molar-refractivity contribution >= 4 is 5.97 Å². The predicted octanol–water partition coefficient (Wildman–Crippen LogP) is 0.666. The molecule has 0 aromatic heterocycles. The molecule has 0 atom stereocenters. The fraction of sp³-hybridized carbons (Fsp3) is 0.500. The minimum Gasteiger partial charge on any atom is -0.444 e. The third-order valence-corrected chi connectivity index (χ3v) is 0.638. The van der Waals surface area contributed by atoms with Crippen LogP contribution in [-0.2, 0) is 9.53 Å². The normalized spacial score (nSPS) is 10.0. The molecule has 0 spiro atoms. The van der Waals surface area contributed by atoms with E-state index in [0.29, 0.717) is 0 Å². The average molecular weight is 126 g/mol. The first kappa shape index (κ1) is 7.96. The van der Waals surface area contributed by atoms with Crippen molar-refractivity contribution in [2.45, 2.75) is 19.4 Å². The summed E-state index contributed by atoms with van der Waals surface area (Å²) in [5.41, 5.74) is -1.04. The van der Waals surface area contributed by atoms with Crippen molar-refractivity contribution in [1.29, 1.82) is 5.26 Å². The molecule has 0 rings (SSSR count). The Morgan fingerprint density at radius 2 is 2.22 bits per heavy atom. The van der Waals surface area contributed by atoms with Crippen molar-refractivity contribution in [3.05, 3.63) is 6.92 Å². The van der Waals surface area contributed by atoms with E-state index in [1.165, 1.54) is 13.8 Å². The van der Waals surface area contributed by atoms with Crippen molar-refractivity contribution in [1.82, 2.24) is 0 Å². The Kier molecular flexibility index (Phi) is 2.20. The van der Waals surface area contributed by atoms with E-state index in [2.05, 4.69) is 11.7 Å². The summed E-state index contributed by atoms with van der Waals surface area (Å²) in [5, 5.41) is 8.29. The monoisotopic (exact) mass is 126 g/mol. The number of nitriles is 1. The van der Waals surface area contributed by atoms with Gasteiger partial charge in [-0.1, -0.05) is 0 Å². The second kappa shape index (κ2) is 2.49. The van der Waals surface area contributed by atoms with Gasteiger partial charge >= 0.3 is 5.97 Å². The Balaban J connectivity index is 3.91. The highest BCUT2D eigenvalue weighted by atomic mass is 16.6. The molecule has 0 aliphatic carbocycles. The molecule has 0 unspecified atom stereocenters. The molecule has 0 aromatic rings. The number of nitrogens with zero attached hydrogens (tertiary/aromatic N) is 1. The van der Waals surface area contributed by atoms with Crippen LogP contribution in [0, 0.1) is 18.3 Å². The van der Waals surface area contributed by atoms with Gasteiger partial charge in [-0.05, 0) is 13.8 Å². The zero-order chi connectivity index (χ0) is 7.49. The lowest BCUT2D eigenvalue weighted by Crippen LogP contribution is -2.24. The first-order chi connectivity index (χ1) is 3.98. The first-order valence-corrected chi connectivity index (χ1v) is 2.44. The summed E-state index contributed by atoms with van der Waals surface area (Å²) >= 11 is 0. The second-order valence-corrected chi connectivity index (χ2v) is 2.10. The number of esters is 1. The fourth-order valence-electron chi connectivity index (χ4n) is 0.307. The molecule has 0 saturated heterocycles. The Hall–Kier alpha value is -1.04. The zero-order valence-electron chi connectivity index (χ0n) is 5.47. The summed E-state index contributed by atoms with van der Waals surface area (Å²) in [6.45, 7) is 5.95. The molecule has 0 saturated carbocycles. The molecule has 0 aromatic carbocycles. The van der Waals surface area contributed by atoms with E-state index in [1.54, 1.807) is 6.07 Å². The molecule has 3 heteroatoms. The molecule has 0 N–H and O–H groups in total. The Morgan fingerprint density at radius 1 is 1.78 bits per heavy atom. The number of ether oxygens (including phenoxy) is 1. The van der Waals surface area contributed by atoms with Gasteiger partial charge in [0.05, 0.1) is 6.92 Å². The standard InChI is InChI=1S/C6H8NO2/c1-5(8)9-6(2,3)4-7/h1H2,2-3H3. The van der Waals surface area contributed by atoms with Crippen molar-refractivity contribution in [2.75, 3.05) is 0 Å². The van der Waals surface area contributed by atoms with Gasteiger partial charge in [0.25, 0.3) is 0 Å². The first-order valence-electron chi connectivity index (χ1n) is 2.44. The van der Waals surface area contributed by atoms with Crippen LogP contribution in [0.4, 0.5) is 0 Å². The van der Waals surface area contributed by atoms with Crippen LogP contribution in [0.1, 0.15) is 13.8 Å². The van der Waals surface area contributed by atoms with Gasteiger partial charge in [0.2, 0.25) is 0 Å². The minimum absolute atomic E-state index is 0.679. The summed E-state index contributed by atoms with van der Waals surface area (Å²) in [5.74, 6) is -0.679. The van der Waals surface area contributed by atoms with E-state index in [-0.39, 0.29) is 0 Å². The Labute approximate surface area is 54.2 Å². The van der Waals surface area contributed by atoms with Crippen molar-refractivity contribution in [3.8, 4) is 6.07 Å². The molecule has 3 nitrogen and oxygen atoms in total. The van der Waals surface area contributed by atoms with E-state index in [4.69, 9.17) is 5.26 Å². The van der Waals surface area contributed by atoms with Crippen LogP contribution >= 0.6 is 0 Å². The second-order valence-electron chi connectivity index (χ2n) is 2.10. The summed E-state index contributed by atoms with van der Waals surface area (Å²) in [4.78, 5) is 10.1. The SMILES string of the molecule is [CH2]C(=O)OC(C)(C)C#N. The van der Waals surface area contributed by atoms with Crippen molar-refractivity contribution in [2.24, 2.45) is 0 Å². The van der Waals surface area contributed by atoms with Gasteiger partial charge in [-0.15, -0.1) is 0 Å². The number of rotatable bonds is 1. The molecule has 0 aliphatic heterocycles. The van der Waals surface area contributed by atoms with Gasteiger partial charge in [0, 0.05) is 0 Å². The van der Waals surface area contributed by atoms with Crippen LogP contribution in [0.5, 0.6) is 0 Å². The lowest BCUT2D eigenvalue weighted by atomic mass is 10.2. The fourth-order valence-corrected chi connectivity index (χ4v) is 0.307. The lowest BCUT2D eigenvalue weighted by Gasteiger charge is -2.13. The third kappa shape index (κ3) is 3.53. The van der Waals surface area contributed by atoms with Crippen LogP contribution in [-0.4, -0.2) is 11.6 Å². The molecule has 0 amide bonds. The maximum Gasteiger partial charge on any atom is 0.307 e. The summed E-state index contributed by atoms with van der Waals surface area (Å²) in [6, 6.07) is 1.79. The molecule has 9 heavy (non-hydrogen) atoms. The van der Waals surface area contributed by atoms with E-state index < -0.39 is 11.6 Å². The van der Waals surface area contributed by atoms with Gasteiger partial charge in [0.1, 0.15) is 6.07 Å². The van der Waals surface area contributed by atoms with E-state index in [0.717, 1.165) is 0 Å². The number of hydrogen-bond acceptors (Lipinski definition) is 3. The van der Waals surface area contributed by atoms with Gasteiger partial charge in [-0.25, -0.2) is 0 Å². The summed E-state index contributed by atoms with van der Waals surface area (Å²) in [7, 11) is 0. The summed E-state index contributed by atoms with van der Waals surface area (Å²) in [6.07, 6.45) is 0. The van der Waals surface area contributed by atoms with E-state index in [1.807, 2.05) is 0 Å². The highest BCUT2D eigenvalue weighted by Gasteiger charge is 2.18. The molecular formula is C6H8NO2. The molecule has 0 bridgehead atoms. The van der Waals surface area contributed by atoms with E-state index in [9.17, 15) is 4.79 Å². The van der Waals surface area contributed by atoms with Crippen LogP contribution < -0.4 is 0 Å². The van der Waals surface area contributed by atoms with E-state index >= 15 is 0 Å². The van der Waals surface area contributed by atoms with Crippen molar-refractivity contribution < 1.29 is 9.53 Å². The highest BCUT2D eigenvalue weighted by molar-refractivity contribution is 5.74. The van der Waals surface area contributed by atoms with Crippen LogP contribution in [0.15, 0.2) is 0 Å². The Bertz CT molecular complexity index is 155. The maximum absolute atomic E-state index is 10.1. The largest absolute Gasteiger partial charge is 0.444 e. The van der Waals surface area contributed by atoms with Gasteiger partial charge in [0.15, 0.2) is 5.60 Å².